The second-order valence-electron chi connectivity index (χ2n) is 4.03. The van der Waals surface area contributed by atoms with Crippen LogP contribution in [0.4, 0.5) is 26.3 Å². The number of rotatable bonds is 0. The first-order valence-electron chi connectivity index (χ1n) is 3.87. The number of alkyl halides is 6. The lowest BCUT2D eigenvalue weighted by Gasteiger charge is -2.26. The average molecular weight is 257 g/mol. The highest BCUT2D eigenvalue weighted by molar-refractivity contribution is 4.81. The molecule has 0 aromatic rings. The fourth-order valence-corrected chi connectivity index (χ4v) is 0.161. The van der Waals surface area contributed by atoms with Gasteiger partial charge in [-0.05, 0) is 20.8 Å². The van der Waals surface area contributed by atoms with Crippen molar-refractivity contribution in [3.05, 3.63) is 0 Å². The van der Waals surface area contributed by atoms with E-state index in [1.807, 2.05) is 20.8 Å². The number of nitrogens with two attached hydrogens (primary N) is 1. The van der Waals surface area contributed by atoms with E-state index in [-0.39, 0.29) is 5.54 Å². The van der Waals surface area contributed by atoms with E-state index in [2.05, 4.69) is 0 Å². The van der Waals surface area contributed by atoms with Gasteiger partial charge in [0.2, 0.25) is 0 Å². The summed E-state index contributed by atoms with van der Waals surface area (Å²) in [6, 6.07) is 0. The minimum Gasteiger partial charge on any atom is -0.352 e. The van der Waals surface area contributed by atoms with Crippen molar-refractivity contribution in [2.45, 2.75) is 44.4 Å². The standard InChI is InChI=1S/C4H11N.C3H2F6O2/c1-4(2,3)5;4-2(5,6)1(10,11)3(7,8)9/h5H2,1-3H3;10-11H. The van der Waals surface area contributed by atoms with Gasteiger partial charge in [0, 0.05) is 5.54 Å². The molecule has 16 heavy (non-hydrogen) atoms. The zero-order chi connectivity index (χ0) is 14.0. The van der Waals surface area contributed by atoms with E-state index in [4.69, 9.17) is 15.9 Å². The number of hydrogen-bond acceptors (Lipinski definition) is 3. The molecule has 0 unspecified atom stereocenters. The number of aliphatic hydroxyl groups is 2. The molecule has 3 nitrogen and oxygen atoms in total. The minimum atomic E-state index is -6.13. The Balaban J connectivity index is 0. The highest BCUT2D eigenvalue weighted by atomic mass is 19.4. The van der Waals surface area contributed by atoms with Crippen LogP contribution < -0.4 is 5.73 Å². The van der Waals surface area contributed by atoms with Crippen molar-refractivity contribution in [1.29, 1.82) is 0 Å². The number of hydrogen-bond donors (Lipinski definition) is 3. The van der Waals surface area contributed by atoms with E-state index in [9.17, 15) is 26.3 Å². The van der Waals surface area contributed by atoms with E-state index >= 15 is 0 Å². The van der Waals surface area contributed by atoms with Gasteiger partial charge in [0.1, 0.15) is 0 Å². The quantitative estimate of drug-likeness (QED) is 0.455. The van der Waals surface area contributed by atoms with Crippen LogP contribution >= 0.6 is 0 Å². The largest absolute Gasteiger partial charge is 0.452 e. The van der Waals surface area contributed by atoms with Gasteiger partial charge in [0.25, 0.3) is 0 Å². The van der Waals surface area contributed by atoms with Crippen LogP contribution in [0.1, 0.15) is 20.8 Å². The van der Waals surface area contributed by atoms with Gasteiger partial charge >= 0.3 is 18.1 Å². The van der Waals surface area contributed by atoms with Gasteiger partial charge in [-0.1, -0.05) is 0 Å². The maximum Gasteiger partial charge on any atom is 0.452 e. The molecule has 0 heterocycles. The Bertz CT molecular complexity index is 192. The van der Waals surface area contributed by atoms with E-state index in [0.29, 0.717) is 0 Å². The Morgan fingerprint density at radius 3 is 0.875 bits per heavy atom. The van der Waals surface area contributed by atoms with Crippen LogP contribution in [0.25, 0.3) is 0 Å². The van der Waals surface area contributed by atoms with Crippen molar-refractivity contribution in [3.8, 4) is 0 Å². The smallest absolute Gasteiger partial charge is 0.352 e. The van der Waals surface area contributed by atoms with Crippen LogP contribution in [0.3, 0.4) is 0 Å². The topological polar surface area (TPSA) is 66.5 Å². The van der Waals surface area contributed by atoms with Crippen molar-refractivity contribution >= 4 is 0 Å². The van der Waals surface area contributed by atoms with Crippen molar-refractivity contribution < 1.29 is 36.6 Å². The molecule has 4 N–H and O–H groups in total. The molecule has 9 heteroatoms. The molecule has 0 saturated carbocycles. The second kappa shape index (κ2) is 4.76. The summed E-state index contributed by atoms with van der Waals surface area (Å²) >= 11 is 0. The highest BCUT2D eigenvalue weighted by Gasteiger charge is 2.70. The summed E-state index contributed by atoms with van der Waals surface area (Å²) in [6.07, 6.45) is -12.3. The molecule has 0 amide bonds. The Labute approximate surface area is 87.9 Å². The highest BCUT2D eigenvalue weighted by Crippen LogP contribution is 2.40. The van der Waals surface area contributed by atoms with Gasteiger partial charge < -0.3 is 15.9 Å². The zero-order valence-corrected chi connectivity index (χ0v) is 8.74. The van der Waals surface area contributed by atoms with Crippen molar-refractivity contribution in [3.63, 3.8) is 0 Å². The first kappa shape index (κ1) is 17.8. The molecule has 0 atom stereocenters. The summed E-state index contributed by atoms with van der Waals surface area (Å²) in [5.41, 5.74) is 5.35. The SMILES string of the molecule is CC(C)(C)N.OC(O)(C(F)(F)F)C(F)(F)F. The fourth-order valence-electron chi connectivity index (χ4n) is 0.161. The van der Waals surface area contributed by atoms with Gasteiger partial charge in [-0.3, -0.25) is 0 Å². The molecule has 0 bridgehead atoms. The Kier molecular flexibility index (Phi) is 5.31. The summed E-state index contributed by atoms with van der Waals surface area (Å²) in [4.78, 5) is 0. The van der Waals surface area contributed by atoms with Crippen LogP contribution in [-0.4, -0.2) is 33.9 Å². The first-order chi connectivity index (χ1) is 6.50. The van der Waals surface area contributed by atoms with Gasteiger partial charge in [-0.25, -0.2) is 0 Å². The average Bonchev–Trinajstić information content (AvgIpc) is 1.76. The van der Waals surface area contributed by atoms with Gasteiger partial charge in [0.05, 0.1) is 0 Å². The minimum absolute atomic E-state index is 0. The van der Waals surface area contributed by atoms with Crippen molar-refractivity contribution in [2.24, 2.45) is 5.73 Å². The van der Waals surface area contributed by atoms with E-state index in [1.165, 1.54) is 0 Å². The predicted octanol–water partition coefficient (Wildman–Crippen LogP) is 1.54. The molecular formula is C7H13F6NO2. The summed E-state index contributed by atoms with van der Waals surface area (Å²) in [6.45, 7) is 5.90. The van der Waals surface area contributed by atoms with E-state index < -0.39 is 18.1 Å². The van der Waals surface area contributed by atoms with Crippen LogP contribution in [0.15, 0.2) is 0 Å². The number of halogens is 6. The maximum atomic E-state index is 11.1. The second-order valence-corrected chi connectivity index (χ2v) is 4.03. The van der Waals surface area contributed by atoms with Crippen molar-refractivity contribution in [1.82, 2.24) is 0 Å². The molecular weight excluding hydrogens is 244 g/mol. The summed E-state index contributed by atoms with van der Waals surface area (Å²) in [5.74, 6) is -5.62. The normalized spacial score (nSPS) is 14.2. The Morgan fingerprint density at radius 1 is 0.750 bits per heavy atom. The molecule has 0 radical (unpaired) electrons. The molecule has 0 saturated heterocycles. The lowest BCUT2D eigenvalue weighted by atomic mass is 10.1. The molecule has 0 spiro atoms. The third-order valence-electron chi connectivity index (χ3n) is 0.791. The summed E-state index contributed by atoms with van der Waals surface area (Å²) < 4.78 is 66.7. The van der Waals surface area contributed by atoms with Gasteiger partial charge in [-0.15, -0.1) is 0 Å². The van der Waals surface area contributed by atoms with Crippen LogP contribution in [0.5, 0.6) is 0 Å². The summed E-state index contributed by atoms with van der Waals surface area (Å²) in [5, 5.41) is 15.0. The summed E-state index contributed by atoms with van der Waals surface area (Å²) in [7, 11) is 0. The lowest BCUT2D eigenvalue weighted by Crippen LogP contribution is -2.56. The fraction of sp³-hybridized carbons (Fsp3) is 1.00. The molecule has 0 aliphatic heterocycles. The third kappa shape index (κ3) is 6.85. The molecule has 0 rings (SSSR count). The molecule has 0 fully saturated rings. The van der Waals surface area contributed by atoms with Crippen LogP contribution in [0, 0.1) is 0 Å². The van der Waals surface area contributed by atoms with Crippen molar-refractivity contribution in [2.75, 3.05) is 0 Å². The molecule has 100 valence electrons. The molecule has 0 aromatic heterocycles. The monoisotopic (exact) mass is 257 g/mol. The van der Waals surface area contributed by atoms with Gasteiger partial charge in [0.15, 0.2) is 0 Å². The molecule has 0 aliphatic rings. The van der Waals surface area contributed by atoms with E-state index in [0.717, 1.165) is 0 Å². The van der Waals surface area contributed by atoms with E-state index in [1.54, 1.807) is 0 Å². The van der Waals surface area contributed by atoms with Crippen LogP contribution in [-0.2, 0) is 0 Å². The maximum absolute atomic E-state index is 11.1. The molecule has 0 aliphatic carbocycles. The third-order valence-corrected chi connectivity index (χ3v) is 0.791. The Hall–Kier alpha value is -0.540. The van der Waals surface area contributed by atoms with Crippen LogP contribution in [0.2, 0.25) is 0 Å². The zero-order valence-electron chi connectivity index (χ0n) is 8.74. The lowest BCUT2D eigenvalue weighted by molar-refractivity contribution is -0.445. The Morgan fingerprint density at radius 2 is 0.875 bits per heavy atom. The van der Waals surface area contributed by atoms with Gasteiger partial charge in [-0.2, -0.15) is 26.3 Å². The first-order valence-corrected chi connectivity index (χ1v) is 3.87. The predicted molar refractivity (Wildman–Crippen MR) is 43.2 cm³/mol. The molecule has 0 aromatic carbocycles.